The number of nitrogens with zero attached hydrogens (tertiary/aromatic N) is 3. The zero-order valence-corrected chi connectivity index (χ0v) is 12.0. The Morgan fingerprint density at radius 1 is 1.40 bits per heavy atom. The number of anilines is 1. The minimum Gasteiger partial charge on any atom is -0.478 e. The second-order valence-electron chi connectivity index (χ2n) is 5.08. The average Bonchev–Trinajstić information content (AvgIpc) is 2.84. The summed E-state index contributed by atoms with van der Waals surface area (Å²) in [7, 11) is 2.01. The van der Waals surface area contributed by atoms with E-state index < -0.39 is 0 Å². The monoisotopic (exact) mass is 272 g/mol. The number of aromatic nitrogens is 3. The third kappa shape index (κ3) is 2.48. The first-order valence-electron chi connectivity index (χ1n) is 7.14. The van der Waals surface area contributed by atoms with Crippen molar-refractivity contribution in [3.63, 3.8) is 0 Å². The standard InChI is InChI=1S/C15H20N4O/c1-3-20-15-8-7-11(9-16-15)18-13-5-4-6-14-12(13)10-17-19(14)2/h7-10,13,18H,3-6H2,1-2H3. The smallest absolute Gasteiger partial charge is 0.213 e. The summed E-state index contributed by atoms with van der Waals surface area (Å²) in [4.78, 5) is 4.29. The molecule has 0 bridgehead atoms. The molecule has 2 aromatic heterocycles. The summed E-state index contributed by atoms with van der Waals surface area (Å²) >= 11 is 0. The third-order valence-electron chi connectivity index (χ3n) is 3.75. The maximum Gasteiger partial charge on any atom is 0.213 e. The highest BCUT2D eigenvalue weighted by atomic mass is 16.5. The van der Waals surface area contributed by atoms with Gasteiger partial charge in [-0.1, -0.05) is 0 Å². The fourth-order valence-corrected chi connectivity index (χ4v) is 2.76. The lowest BCUT2D eigenvalue weighted by Crippen LogP contribution is -2.17. The van der Waals surface area contributed by atoms with Crippen molar-refractivity contribution in [1.29, 1.82) is 0 Å². The molecule has 5 heteroatoms. The molecule has 0 spiro atoms. The van der Waals surface area contributed by atoms with Crippen LogP contribution in [0.15, 0.2) is 24.5 Å². The Labute approximate surface area is 119 Å². The molecule has 0 radical (unpaired) electrons. The topological polar surface area (TPSA) is 52.0 Å². The summed E-state index contributed by atoms with van der Waals surface area (Å²) in [6.07, 6.45) is 7.25. The van der Waals surface area contributed by atoms with Crippen LogP contribution in [0.5, 0.6) is 5.88 Å². The average molecular weight is 272 g/mol. The molecule has 5 nitrogen and oxygen atoms in total. The third-order valence-corrected chi connectivity index (χ3v) is 3.75. The van der Waals surface area contributed by atoms with Crippen LogP contribution in [-0.4, -0.2) is 21.4 Å². The Kier molecular flexibility index (Phi) is 3.58. The van der Waals surface area contributed by atoms with Gasteiger partial charge in [0.2, 0.25) is 5.88 Å². The second kappa shape index (κ2) is 5.53. The Hall–Kier alpha value is -2.04. The van der Waals surface area contributed by atoms with Crippen LogP contribution in [0.3, 0.4) is 0 Å². The number of rotatable bonds is 4. The molecule has 2 heterocycles. The first-order chi connectivity index (χ1) is 9.78. The Balaban J connectivity index is 1.75. The van der Waals surface area contributed by atoms with Gasteiger partial charge in [-0.25, -0.2) is 4.98 Å². The zero-order valence-electron chi connectivity index (χ0n) is 12.0. The van der Waals surface area contributed by atoms with Crippen LogP contribution in [0.25, 0.3) is 0 Å². The van der Waals surface area contributed by atoms with E-state index in [-0.39, 0.29) is 0 Å². The number of pyridine rings is 1. The summed E-state index contributed by atoms with van der Waals surface area (Å²) in [5.74, 6) is 0.670. The van der Waals surface area contributed by atoms with Crippen molar-refractivity contribution >= 4 is 5.69 Å². The Morgan fingerprint density at radius 3 is 3.05 bits per heavy atom. The van der Waals surface area contributed by atoms with E-state index in [2.05, 4.69) is 15.4 Å². The van der Waals surface area contributed by atoms with E-state index in [9.17, 15) is 0 Å². The summed E-state index contributed by atoms with van der Waals surface area (Å²) in [5.41, 5.74) is 3.68. The van der Waals surface area contributed by atoms with Gasteiger partial charge < -0.3 is 10.1 Å². The lowest BCUT2D eigenvalue weighted by molar-refractivity contribution is 0.327. The molecular weight excluding hydrogens is 252 g/mol. The van der Waals surface area contributed by atoms with Crippen molar-refractivity contribution in [2.75, 3.05) is 11.9 Å². The van der Waals surface area contributed by atoms with Gasteiger partial charge in [0.1, 0.15) is 0 Å². The molecule has 0 aromatic carbocycles. The van der Waals surface area contributed by atoms with E-state index in [1.165, 1.54) is 17.7 Å². The number of hydrogen-bond donors (Lipinski definition) is 1. The molecule has 20 heavy (non-hydrogen) atoms. The summed E-state index contributed by atoms with van der Waals surface area (Å²) in [6.45, 7) is 2.60. The van der Waals surface area contributed by atoms with Crippen molar-refractivity contribution in [2.24, 2.45) is 7.05 Å². The molecule has 0 saturated heterocycles. The maximum absolute atomic E-state index is 5.36. The fraction of sp³-hybridized carbons (Fsp3) is 0.467. The molecular formula is C15H20N4O. The second-order valence-corrected chi connectivity index (χ2v) is 5.08. The number of fused-ring (bicyclic) bond motifs is 1. The van der Waals surface area contributed by atoms with Crippen molar-refractivity contribution in [2.45, 2.75) is 32.2 Å². The highest BCUT2D eigenvalue weighted by molar-refractivity contribution is 5.45. The van der Waals surface area contributed by atoms with E-state index in [1.807, 2.05) is 43.2 Å². The van der Waals surface area contributed by atoms with Crippen LogP contribution in [0.2, 0.25) is 0 Å². The Morgan fingerprint density at radius 2 is 2.30 bits per heavy atom. The molecule has 0 fully saturated rings. The molecule has 1 aliphatic carbocycles. The molecule has 0 amide bonds. The van der Waals surface area contributed by atoms with Gasteiger partial charge in [0.05, 0.1) is 30.7 Å². The minimum atomic E-state index is 0.326. The van der Waals surface area contributed by atoms with Gasteiger partial charge in [0.15, 0.2) is 0 Å². The lowest BCUT2D eigenvalue weighted by atomic mass is 9.93. The van der Waals surface area contributed by atoms with Gasteiger partial charge in [-0.05, 0) is 32.3 Å². The van der Waals surface area contributed by atoms with Crippen molar-refractivity contribution in [3.8, 4) is 5.88 Å². The Bertz CT molecular complexity index is 576. The highest BCUT2D eigenvalue weighted by Gasteiger charge is 2.23. The highest BCUT2D eigenvalue weighted by Crippen LogP contribution is 2.32. The van der Waals surface area contributed by atoms with Gasteiger partial charge in [-0.15, -0.1) is 0 Å². The van der Waals surface area contributed by atoms with Crippen LogP contribution in [0, 0.1) is 0 Å². The van der Waals surface area contributed by atoms with Gasteiger partial charge in [-0.3, -0.25) is 4.68 Å². The predicted molar refractivity (Wildman–Crippen MR) is 77.9 cm³/mol. The van der Waals surface area contributed by atoms with E-state index >= 15 is 0 Å². The summed E-state index contributed by atoms with van der Waals surface area (Å²) in [5, 5.41) is 7.92. The normalized spacial score (nSPS) is 17.6. The summed E-state index contributed by atoms with van der Waals surface area (Å²) in [6, 6.07) is 4.24. The number of aryl methyl sites for hydroxylation is 1. The maximum atomic E-state index is 5.36. The molecule has 1 aliphatic rings. The van der Waals surface area contributed by atoms with Crippen LogP contribution in [0.4, 0.5) is 5.69 Å². The van der Waals surface area contributed by atoms with E-state index in [4.69, 9.17) is 4.74 Å². The van der Waals surface area contributed by atoms with E-state index in [0.29, 0.717) is 18.5 Å². The zero-order chi connectivity index (χ0) is 13.9. The lowest BCUT2D eigenvalue weighted by Gasteiger charge is -2.24. The first kappa shape index (κ1) is 13.0. The van der Waals surface area contributed by atoms with Crippen LogP contribution in [0.1, 0.15) is 37.1 Å². The predicted octanol–water partition coefficient (Wildman–Crippen LogP) is 2.70. The van der Waals surface area contributed by atoms with Gasteiger partial charge in [0.25, 0.3) is 0 Å². The van der Waals surface area contributed by atoms with Crippen LogP contribution < -0.4 is 10.1 Å². The van der Waals surface area contributed by atoms with Crippen molar-refractivity contribution in [1.82, 2.24) is 14.8 Å². The molecule has 0 saturated carbocycles. The largest absolute Gasteiger partial charge is 0.478 e. The van der Waals surface area contributed by atoms with Crippen LogP contribution >= 0.6 is 0 Å². The molecule has 2 aromatic rings. The molecule has 1 atom stereocenters. The molecule has 1 N–H and O–H groups in total. The van der Waals surface area contributed by atoms with Crippen molar-refractivity contribution in [3.05, 3.63) is 35.8 Å². The first-order valence-corrected chi connectivity index (χ1v) is 7.14. The van der Waals surface area contributed by atoms with Gasteiger partial charge in [-0.2, -0.15) is 5.10 Å². The quantitative estimate of drug-likeness (QED) is 0.929. The van der Waals surface area contributed by atoms with Crippen LogP contribution in [-0.2, 0) is 13.5 Å². The minimum absolute atomic E-state index is 0.326. The molecule has 3 rings (SSSR count). The fourth-order valence-electron chi connectivity index (χ4n) is 2.76. The van der Waals surface area contributed by atoms with Gasteiger partial charge in [0, 0.05) is 24.4 Å². The number of ether oxygens (including phenoxy) is 1. The molecule has 1 unspecified atom stereocenters. The molecule has 0 aliphatic heterocycles. The van der Waals surface area contributed by atoms with Crippen molar-refractivity contribution < 1.29 is 4.74 Å². The van der Waals surface area contributed by atoms with E-state index in [1.54, 1.807) is 0 Å². The van der Waals surface area contributed by atoms with E-state index in [0.717, 1.165) is 18.5 Å². The summed E-state index contributed by atoms with van der Waals surface area (Å²) < 4.78 is 7.34. The van der Waals surface area contributed by atoms with Gasteiger partial charge >= 0.3 is 0 Å². The number of nitrogens with one attached hydrogen (secondary N) is 1. The molecule has 106 valence electrons. The SMILES string of the molecule is CCOc1ccc(NC2CCCc3c2cnn3C)cn1. The number of hydrogen-bond acceptors (Lipinski definition) is 4.